The summed E-state index contributed by atoms with van der Waals surface area (Å²) in [6.07, 6.45) is 1.75. The number of carbonyl (C=O) groups excluding carboxylic acids is 1. The largest absolute Gasteiger partial charge is 0.422 e. The first-order chi connectivity index (χ1) is 15.2. The SMILES string of the molecule is O=C(c1cc2ccccc2oc1=O)N1CCN(c2ccnc(-c3ccccc3)n2)CC1. The van der Waals surface area contributed by atoms with Crippen LogP contribution in [0.3, 0.4) is 0 Å². The van der Waals surface area contributed by atoms with Gasteiger partial charge in [-0.15, -0.1) is 0 Å². The quantitative estimate of drug-likeness (QED) is 0.481. The van der Waals surface area contributed by atoms with Crippen molar-refractivity contribution in [2.24, 2.45) is 0 Å². The van der Waals surface area contributed by atoms with Crippen LogP contribution in [0.4, 0.5) is 5.82 Å². The van der Waals surface area contributed by atoms with E-state index in [0.717, 1.165) is 16.8 Å². The average Bonchev–Trinajstić information content (AvgIpc) is 2.84. The van der Waals surface area contributed by atoms with Gasteiger partial charge < -0.3 is 14.2 Å². The Hall–Kier alpha value is -4.00. The Balaban J connectivity index is 1.31. The molecule has 3 heterocycles. The van der Waals surface area contributed by atoms with Crippen LogP contribution < -0.4 is 10.5 Å². The van der Waals surface area contributed by atoms with Crippen molar-refractivity contribution in [2.75, 3.05) is 31.1 Å². The normalized spacial score (nSPS) is 14.1. The van der Waals surface area contributed by atoms with Crippen LogP contribution in [0.5, 0.6) is 0 Å². The van der Waals surface area contributed by atoms with E-state index in [0.29, 0.717) is 37.6 Å². The van der Waals surface area contributed by atoms with E-state index in [-0.39, 0.29) is 11.5 Å². The van der Waals surface area contributed by atoms with Crippen LogP contribution in [0.15, 0.2) is 82.1 Å². The molecule has 7 heteroatoms. The molecule has 154 valence electrons. The lowest BCUT2D eigenvalue weighted by molar-refractivity contribution is 0.0742. The number of aromatic nitrogens is 2. The number of anilines is 1. The van der Waals surface area contributed by atoms with E-state index in [1.165, 1.54) is 0 Å². The van der Waals surface area contributed by atoms with Gasteiger partial charge in [0.05, 0.1) is 0 Å². The summed E-state index contributed by atoms with van der Waals surface area (Å²) in [5.74, 6) is 1.20. The Morgan fingerprint density at radius 3 is 2.45 bits per heavy atom. The fourth-order valence-electron chi connectivity index (χ4n) is 3.77. The molecular weight excluding hydrogens is 392 g/mol. The van der Waals surface area contributed by atoms with Crippen LogP contribution in [0.1, 0.15) is 10.4 Å². The van der Waals surface area contributed by atoms with Crippen molar-refractivity contribution >= 4 is 22.7 Å². The third-order valence-electron chi connectivity index (χ3n) is 5.44. The zero-order chi connectivity index (χ0) is 21.2. The molecule has 0 radical (unpaired) electrons. The summed E-state index contributed by atoms with van der Waals surface area (Å²) < 4.78 is 5.32. The van der Waals surface area contributed by atoms with Gasteiger partial charge >= 0.3 is 5.63 Å². The molecule has 0 aliphatic carbocycles. The molecule has 1 aliphatic rings. The first-order valence-corrected chi connectivity index (χ1v) is 10.1. The number of amides is 1. The third kappa shape index (κ3) is 3.77. The second kappa shape index (κ2) is 8.02. The molecule has 0 saturated carbocycles. The summed E-state index contributed by atoms with van der Waals surface area (Å²) in [6.45, 7) is 2.23. The number of piperazine rings is 1. The van der Waals surface area contributed by atoms with Crippen molar-refractivity contribution < 1.29 is 9.21 Å². The van der Waals surface area contributed by atoms with Crippen LogP contribution in [-0.4, -0.2) is 47.0 Å². The maximum absolute atomic E-state index is 13.0. The van der Waals surface area contributed by atoms with E-state index in [2.05, 4.69) is 14.9 Å². The molecule has 4 aromatic rings. The summed E-state index contributed by atoms with van der Waals surface area (Å²) in [6, 6.07) is 20.5. The standard InChI is InChI=1S/C24H20N4O3/c29-23(19-16-18-8-4-5-9-20(18)31-24(19)30)28-14-12-27(13-15-28)21-10-11-25-22(26-21)17-6-2-1-3-7-17/h1-11,16H,12-15H2. The molecule has 7 nitrogen and oxygen atoms in total. The van der Waals surface area contributed by atoms with Crippen molar-refractivity contribution in [3.63, 3.8) is 0 Å². The first-order valence-electron chi connectivity index (χ1n) is 10.1. The van der Waals surface area contributed by atoms with Gasteiger partial charge in [0.15, 0.2) is 5.82 Å². The number of fused-ring (bicyclic) bond motifs is 1. The highest BCUT2D eigenvalue weighted by Crippen LogP contribution is 2.20. The van der Waals surface area contributed by atoms with E-state index in [9.17, 15) is 9.59 Å². The van der Waals surface area contributed by atoms with Crippen molar-refractivity contribution in [1.29, 1.82) is 0 Å². The lowest BCUT2D eigenvalue weighted by atomic mass is 10.1. The van der Waals surface area contributed by atoms with Crippen LogP contribution in [0.25, 0.3) is 22.4 Å². The molecule has 1 aliphatic heterocycles. The highest BCUT2D eigenvalue weighted by molar-refractivity contribution is 5.96. The van der Waals surface area contributed by atoms with Gasteiger partial charge in [0.1, 0.15) is 17.0 Å². The summed E-state index contributed by atoms with van der Waals surface area (Å²) in [7, 11) is 0. The van der Waals surface area contributed by atoms with E-state index in [4.69, 9.17) is 4.42 Å². The number of para-hydroxylation sites is 1. The van der Waals surface area contributed by atoms with E-state index in [1.54, 1.807) is 29.3 Å². The van der Waals surface area contributed by atoms with Crippen molar-refractivity contribution in [2.45, 2.75) is 0 Å². The van der Waals surface area contributed by atoms with Gasteiger partial charge in [0.25, 0.3) is 5.91 Å². The van der Waals surface area contributed by atoms with Crippen LogP contribution in [0, 0.1) is 0 Å². The zero-order valence-electron chi connectivity index (χ0n) is 16.8. The molecule has 2 aromatic heterocycles. The van der Waals surface area contributed by atoms with Gasteiger partial charge in [0, 0.05) is 43.3 Å². The summed E-state index contributed by atoms with van der Waals surface area (Å²) in [5, 5.41) is 0.735. The number of rotatable bonds is 3. The molecule has 5 rings (SSSR count). The van der Waals surface area contributed by atoms with Crippen LogP contribution >= 0.6 is 0 Å². The lowest BCUT2D eigenvalue weighted by Crippen LogP contribution is -2.49. The molecule has 1 fully saturated rings. The Bertz CT molecular complexity index is 1290. The van der Waals surface area contributed by atoms with Gasteiger partial charge in [-0.2, -0.15) is 0 Å². The second-order valence-electron chi connectivity index (χ2n) is 7.37. The van der Waals surface area contributed by atoms with E-state index >= 15 is 0 Å². The monoisotopic (exact) mass is 412 g/mol. The highest BCUT2D eigenvalue weighted by atomic mass is 16.4. The highest BCUT2D eigenvalue weighted by Gasteiger charge is 2.25. The molecule has 0 unspecified atom stereocenters. The van der Waals surface area contributed by atoms with Crippen molar-refractivity contribution in [1.82, 2.24) is 14.9 Å². The Labute approximate surface area is 178 Å². The molecule has 1 amide bonds. The molecule has 31 heavy (non-hydrogen) atoms. The fourth-order valence-corrected chi connectivity index (χ4v) is 3.77. The minimum atomic E-state index is -0.602. The molecule has 0 spiro atoms. The van der Waals surface area contributed by atoms with Gasteiger partial charge in [0.2, 0.25) is 0 Å². The average molecular weight is 412 g/mol. The number of hydrogen-bond donors (Lipinski definition) is 0. The molecule has 0 N–H and O–H groups in total. The van der Waals surface area contributed by atoms with Gasteiger partial charge in [-0.1, -0.05) is 48.5 Å². The number of carbonyl (C=O) groups is 1. The molecular formula is C24H20N4O3. The van der Waals surface area contributed by atoms with E-state index in [1.807, 2.05) is 48.5 Å². The molecule has 0 atom stereocenters. The summed E-state index contributed by atoms with van der Waals surface area (Å²) in [5.41, 5.74) is 0.906. The number of nitrogens with zero attached hydrogens (tertiary/aromatic N) is 4. The minimum absolute atomic E-state index is 0.0700. The van der Waals surface area contributed by atoms with Gasteiger partial charge in [-0.3, -0.25) is 4.79 Å². The predicted octanol–water partition coefficient (Wildman–Crippen LogP) is 3.21. The first kappa shape index (κ1) is 19.0. The van der Waals surface area contributed by atoms with Crippen molar-refractivity contribution in [3.05, 3.63) is 88.9 Å². The van der Waals surface area contributed by atoms with Crippen molar-refractivity contribution in [3.8, 4) is 11.4 Å². The molecule has 2 aromatic carbocycles. The van der Waals surface area contributed by atoms with Gasteiger partial charge in [-0.05, 0) is 18.2 Å². The summed E-state index contributed by atoms with van der Waals surface area (Å²) in [4.78, 5) is 38.2. The summed E-state index contributed by atoms with van der Waals surface area (Å²) >= 11 is 0. The predicted molar refractivity (Wildman–Crippen MR) is 118 cm³/mol. The third-order valence-corrected chi connectivity index (χ3v) is 5.44. The molecule has 1 saturated heterocycles. The fraction of sp³-hybridized carbons (Fsp3) is 0.167. The smallest absolute Gasteiger partial charge is 0.349 e. The Kier molecular flexibility index (Phi) is 4.92. The van der Waals surface area contributed by atoms with E-state index < -0.39 is 5.63 Å². The topological polar surface area (TPSA) is 79.5 Å². The van der Waals surface area contributed by atoms with Crippen LogP contribution in [-0.2, 0) is 0 Å². The Morgan fingerprint density at radius 2 is 1.65 bits per heavy atom. The lowest BCUT2D eigenvalue weighted by Gasteiger charge is -2.35. The zero-order valence-corrected chi connectivity index (χ0v) is 16.8. The molecule has 0 bridgehead atoms. The van der Waals surface area contributed by atoms with Crippen LogP contribution in [0.2, 0.25) is 0 Å². The number of benzene rings is 2. The minimum Gasteiger partial charge on any atom is -0.422 e. The maximum atomic E-state index is 13.0. The maximum Gasteiger partial charge on any atom is 0.349 e. The van der Waals surface area contributed by atoms with Gasteiger partial charge in [-0.25, -0.2) is 14.8 Å². The second-order valence-corrected chi connectivity index (χ2v) is 7.37. The Morgan fingerprint density at radius 1 is 0.903 bits per heavy atom. The number of hydrogen-bond acceptors (Lipinski definition) is 6.